The zero-order valence-corrected chi connectivity index (χ0v) is 16.7. The second-order valence-electron chi connectivity index (χ2n) is 7.41. The van der Waals surface area contributed by atoms with Gasteiger partial charge in [-0.3, -0.25) is 4.90 Å². The maximum absolute atomic E-state index is 8.90. The summed E-state index contributed by atoms with van der Waals surface area (Å²) in [5.74, 6) is 1.47. The van der Waals surface area contributed by atoms with Gasteiger partial charge in [-0.2, -0.15) is 5.26 Å². The number of nitriles is 1. The number of aryl methyl sites for hydroxylation is 2. The SMILES string of the molecule is Cc1nc(Nc2ccc(C#N)nc2)cc(C2CCCCN2Cc2cn(C)cn2)n1. The molecule has 4 heterocycles. The highest BCUT2D eigenvalue weighted by Gasteiger charge is 2.26. The smallest absolute Gasteiger partial charge is 0.140 e. The number of hydrogen-bond acceptors (Lipinski definition) is 7. The van der Waals surface area contributed by atoms with E-state index in [1.54, 1.807) is 12.3 Å². The van der Waals surface area contributed by atoms with E-state index in [4.69, 9.17) is 10.2 Å². The monoisotopic (exact) mass is 388 g/mol. The molecule has 1 fully saturated rings. The van der Waals surface area contributed by atoms with Crippen LogP contribution in [0.15, 0.2) is 36.9 Å². The summed E-state index contributed by atoms with van der Waals surface area (Å²) in [6.45, 7) is 3.76. The molecule has 1 atom stereocenters. The molecule has 0 radical (unpaired) electrons. The Morgan fingerprint density at radius 1 is 1.24 bits per heavy atom. The van der Waals surface area contributed by atoms with Crippen molar-refractivity contribution in [3.05, 3.63) is 59.8 Å². The van der Waals surface area contributed by atoms with Gasteiger partial charge in [-0.1, -0.05) is 6.42 Å². The van der Waals surface area contributed by atoms with Crippen molar-refractivity contribution in [3.63, 3.8) is 0 Å². The molecule has 3 aromatic rings. The largest absolute Gasteiger partial charge is 0.340 e. The van der Waals surface area contributed by atoms with Crippen LogP contribution in [0.1, 0.15) is 48.2 Å². The fourth-order valence-corrected chi connectivity index (χ4v) is 3.78. The highest BCUT2D eigenvalue weighted by atomic mass is 15.2. The number of nitrogens with zero attached hydrogens (tertiary/aromatic N) is 7. The lowest BCUT2D eigenvalue weighted by molar-refractivity contribution is 0.135. The molecule has 1 unspecified atom stereocenters. The van der Waals surface area contributed by atoms with Crippen molar-refractivity contribution in [1.29, 1.82) is 5.26 Å². The molecular weight excluding hydrogens is 364 g/mol. The molecule has 0 bridgehead atoms. The molecule has 1 saturated heterocycles. The third-order valence-electron chi connectivity index (χ3n) is 5.09. The molecule has 0 aliphatic carbocycles. The Labute approximate surface area is 170 Å². The molecule has 8 heteroatoms. The number of piperidine rings is 1. The average molecular weight is 388 g/mol. The van der Waals surface area contributed by atoms with Crippen molar-refractivity contribution >= 4 is 11.5 Å². The predicted molar refractivity (Wildman–Crippen MR) is 109 cm³/mol. The van der Waals surface area contributed by atoms with E-state index >= 15 is 0 Å². The average Bonchev–Trinajstić information content (AvgIpc) is 3.13. The van der Waals surface area contributed by atoms with Crippen LogP contribution < -0.4 is 5.32 Å². The Kier molecular flexibility index (Phi) is 5.49. The van der Waals surface area contributed by atoms with Gasteiger partial charge in [0.1, 0.15) is 23.4 Å². The minimum atomic E-state index is 0.243. The van der Waals surface area contributed by atoms with Crippen molar-refractivity contribution in [2.45, 2.75) is 38.8 Å². The molecule has 1 N–H and O–H groups in total. The zero-order valence-electron chi connectivity index (χ0n) is 16.7. The standard InChI is InChI=1S/C21H24N8/c1-15-25-19(9-21(26-15)27-17-7-6-16(10-22)23-11-17)20-5-3-4-8-29(20)13-18-12-28(2)14-24-18/h6-7,9,11-12,14,20H,3-5,8,13H2,1-2H3,(H,25,26,27). The number of imidazole rings is 1. The fraction of sp³-hybridized carbons (Fsp3) is 0.381. The van der Waals surface area contributed by atoms with Crippen molar-refractivity contribution in [1.82, 2.24) is 29.4 Å². The lowest BCUT2D eigenvalue weighted by Crippen LogP contribution is -2.33. The summed E-state index contributed by atoms with van der Waals surface area (Å²) in [6.07, 6.45) is 9.01. The summed E-state index contributed by atoms with van der Waals surface area (Å²) in [5.41, 5.74) is 3.29. The highest BCUT2D eigenvalue weighted by Crippen LogP contribution is 2.32. The van der Waals surface area contributed by atoms with Gasteiger partial charge in [0.2, 0.25) is 0 Å². The molecule has 29 heavy (non-hydrogen) atoms. The van der Waals surface area contributed by atoms with Gasteiger partial charge in [-0.05, 0) is 38.4 Å². The summed E-state index contributed by atoms with van der Waals surface area (Å²) in [4.78, 5) is 20.3. The third-order valence-corrected chi connectivity index (χ3v) is 5.09. The van der Waals surface area contributed by atoms with Crippen LogP contribution in [0.25, 0.3) is 0 Å². The quantitative estimate of drug-likeness (QED) is 0.717. The topological polar surface area (TPSA) is 95.6 Å². The fourth-order valence-electron chi connectivity index (χ4n) is 3.78. The van der Waals surface area contributed by atoms with Crippen LogP contribution in [0.5, 0.6) is 0 Å². The van der Waals surface area contributed by atoms with Crippen LogP contribution in [0.3, 0.4) is 0 Å². The van der Waals surface area contributed by atoms with Gasteiger partial charge in [-0.15, -0.1) is 0 Å². The molecule has 148 valence electrons. The number of hydrogen-bond donors (Lipinski definition) is 1. The molecule has 1 aliphatic heterocycles. The van der Waals surface area contributed by atoms with E-state index in [-0.39, 0.29) is 6.04 Å². The van der Waals surface area contributed by atoms with Crippen LogP contribution in [0, 0.1) is 18.3 Å². The van der Waals surface area contributed by atoms with Gasteiger partial charge in [-0.25, -0.2) is 19.9 Å². The van der Waals surface area contributed by atoms with E-state index in [0.717, 1.165) is 48.2 Å². The van der Waals surface area contributed by atoms with Crippen molar-refractivity contribution in [3.8, 4) is 6.07 Å². The molecular formula is C21H24N8. The third kappa shape index (κ3) is 4.58. The van der Waals surface area contributed by atoms with Crippen molar-refractivity contribution in [2.75, 3.05) is 11.9 Å². The molecule has 0 amide bonds. The molecule has 8 nitrogen and oxygen atoms in total. The first-order chi connectivity index (χ1) is 14.1. The molecule has 0 spiro atoms. The lowest BCUT2D eigenvalue weighted by atomic mass is 9.98. The predicted octanol–water partition coefficient (Wildman–Crippen LogP) is 3.26. The van der Waals surface area contributed by atoms with Crippen LogP contribution in [-0.4, -0.2) is 35.9 Å². The summed E-state index contributed by atoms with van der Waals surface area (Å²) in [7, 11) is 1.99. The zero-order chi connectivity index (χ0) is 20.2. The van der Waals surface area contributed by atoms with E-state index in [2.05, 4.69) is 31.4 Å². The summed E-state index contributed by atoms with van der Waals surface area (Å²) >= 11 is 0. The van der Waals surface area contributed by atoms with E-state index in [1.807, 2.05) is 43.1 Å². The Morgan fingerprint density at radius 3 is 2.86 bits per heavy atom. The summed E-state index contributed by atoms with van der Waals surface area (Å²) in [5, 5.41) is 12.2. The normalized spacial score (nSPS) is 17.1. The van der Waals surface area contributed by atoms with E-state index in [1.165, 1.54) is 12.8 Å². The number of pyridine rings is 1. The summed E-state index contributed by atoms with van der Waals surface area (Å²) < 4.78 is 1.98. The van der Waals surface area contributed by atoms with Crippen LogP contribution in [0.4, 0.5) is 11.5 Å². The van der Waals surface area contributed by atoms with Crippen LogP contribution in [-0.2, 0) is 13.6 Å². The first-order valence-corrected chi connectivity index (χ1v) is 9.80. The van der Waals surface area contributed by atoms with E-state index in [0.29, 0.717) is 5.69 Å². The molecule has 4 rings (SSSR count). The van der Waals surface area contributed by atoms with Crippen LogP contribution in [0.2, 0.25) is 0 Å². The number of nitrogens with one attached hydrogen (secondary N) is 1. The number of aromatic nitrogens is 5. The molecule has 3 aromatic heterocycles. The van der Waals surface area contributed by atoms with Crippen LogP contribution >= 0.6 is 0 Å². The van der Waals surface area contributed by atoms with Crippen molar-refractivity contribution in [2.24, 2.45) is 7.05 Å². The Hall–Kier alpha value is -3.31. The molecule has 1 aliphatic rings. The number of likely N-dealkylation sites (tertiary alicyclic amines) is 1. The second kappa shape index (κ2) is 8.37. The maximum Gasteiger partial charge on any atom is 0.140 e. The maximum atomic E-state index is 8.90. The number of rotatable bonds is 5. The van der Waals surface area contributed by atoms with Gasteiger partial charge in [0.05, 0.1) is 35.6 Å². The van der Waals surface area contributed by atoms with E-state index < -0.39 is 0 Å². The minimum absolute atomic E-state index is 0.243. The first-order valence-electron chi connectivity index (χ1n) is 9.80. The van der Waals surface area contributed by atoms with E-state index in [9.17, 15) is 0 Å². The minimum Gasteiger partial charge on any atom is -0.340 e. The molecule has 0 aromatic carbocycles. The summed E-state index contributed by atoms with van der Waals surface area (Å²) in [6, 6.07) is 7.81. The van der Waals surface area contributed by atoms with Gasteiger partial charge in [0.15, 0.2) is 0 Å². The number of anilines is 2. The second-order valence-corrected chi connectivity index (χ2v) is 7.41. The van der Waals surface area contributed by atoms with Gasteiger partial charge < -0.3 is 9.88 Å². The Balaban J connectivity index is 1.56. The Bertz CT molecular complexity index is 1020. The molecule has 0 saturated carbocycles. The van der Waals surface area contributed by atoms with Crippen molar-refractivity contribution < 1.29 is 0 Å². The Morgan fingerprint density at radius 2 is 2.14 bits per heavy atom. The first kappa shape index (κ1) is 19.0. The lowest BCUT2D eigenvalue weighted by Gasteiger charge is -2.35. The highest BCUT2D eigenvalue weighted by molar-refractivity contribution is 5.55. The van der Waals surface area contributed by atoms with Gasteiger partial charge in [0.25, 0.3) is 0 Å². The van der Waals surface area contributed by atoms with Gasteiger partial charge >= 0.3 is 0 Å². The van der Waals surface area contributed by atoms with Gasteiger partial charge in [0, 0.05) is 25.9 Å².